The zero-order chi connectivity index (χ0) is 24.4. The summed E-state index contributed by atoms with van der Waals surface area (Å²) in [6.45, 7) is 2.99. The molecule has 0 spiro atoms. The average Bonchev–Trinajstić information content (AvgIpc) is 2.81. The topological polar surface area (TPSA) is 112 Å². The second kappa shape index (κ2) is 12.1. The van der Waals surface area contributed by atoms with Crippen LogP contribution >= 0.6 is 0 Å². The number of anilines is 1. The van der Waals surface area contributed by atoms with Gasteiger partial charge in [0.25, 0.3) is 5.91 Å². The Bertz CT molecular complexity index is 1030. The van der Waals surface area contributed by atoms with Gasteiger partial charge in [-0.15, -0.1) is 0 Å². The molecule has 2 aromatic rings. The van der Waals surface area contributed by atoms with Crippen molar-refractivity contribution in [2.24, 2.45) is 0 Å². The molecule has 0 radical (unpaired) electrons. The Morgan fingerprint density at radius 2 is 1.48 bits per heavy atom. The van der Waals surface area contributed by atoms with Crippen molar-refractivity contribution in [3.63, 3.8) is 0 Å². The third-order valence-corrected chi connectivity index (χ3v) is 4.67. The highest BCUT2D eigenvalue weighted by molar-refractivity contribution is 5.96. The fourth-order valence-electron chi connectivity index (χ4n) is 2.95. The van der Waals surface area contributed by atoms with Gasteiger partial charge in [0.1, 0.15) is 5.75 Å². The number of benzene rings is 2. The van der Waals surface area contributed by atoms with Gasteiger partial charge in [0.05, 0.1) is 27.9 Å². The summed E-state index contributed by atoms with van der Waals surface area (Å²) in [6.07, 6.45) is 2.63. The molecule has 0 bridgehead atoms. The molecule has 0 aliphatic rings. The number of para-hydroxylation sites is 1. The Morgan fingerprint density at radius 3 is 2.09 bits per heavy atom. The number of hydrogen-bond acceptors (Lipinski definition) is 7. The van der Waals surface area contributed by atoms with Gasteiger partial charge >= 0.3 is 5.97 Å². The lowest BCUT2D eigenvalue weighted by Gasteiger charge is -2.12. The minimum absolute atomic E-state index is 0.247. The normalized spacial score (nSPS) is 10.5. The van der Waals surface area contributed by atoms with Crippen LogP contribution in [0, 0.1) is 13.8 Å². The standard InChI is InChI=1S/C24H28N2O7/c1-15-7-6-8-16(2)24(15)26-21(27)13-25-22(28)14-33-23(29)10-9-17-11-19(31-4)20(32-5)12-18(17)30-3/h6-12H,13-14H2,1-5H3,(H,25,28)(H,26,27)/b10-9+. The number of esters is 1. The van der Waals surface area contributed by atoms with E-state index in [-0.39, 0.29) is 12.5 Å². The highest BCUT2D eigenvalue weighted by Crippen LogP contribution is 2.35. The van der Waals surface area contributed by atoms with Gasteiger partial charge < -0.3 is 29.6 Å². The van der Waals surface area contributed by atoms with Crippen LogP contribution in [0.3, 0.4) is 0 Å². The molecule has 0 fully saturated rings. The number of aryl methyl sites for hydroxylation is 2. The number of ether oxygens (including phenoxy) is 4. The quantitative estimate of drug-likeness (QED) is 0.417. The van der Waals surface area contributed by atoms with Crippen LogP contribution in [0.1, 0.15) is 16.7 Å². The van der Waals surface area contributed by atoms with Crippen molar-refractivity contribution in [3.05, 3.63) is 53.1 Å². The first kappa shape index (κ1) is 25.3. The highest BCUT2D eigenvalue weighted by atomic mass is 16.5. The molecule has 2 aromatic carbocycles. The van der Waals surface area contributed by atoms with Crippen molar-refractivity contribution in [1.82, 2.24) is 5.32 Å². The van der Waals surface area contributed by atoms with Crippen LogP contribution in [-0.4, -0.2) is 52.3 Å². The van der Waals surface area contributed by atoms with Crippen molar-refractivity contribution in [3.8, 4) is 17.2 Å². The maximum Gasteiger partial charge on any atom is 0.331 e. The predicted molar refractivity (Wildman–Crippen MR) is 124 cm³/mol. The lowest BCUT2D eigenvalue weighted by atomic mass is 10.1. The summed E-state index contributed by atoms with van der Waals surface area (Å²) in [5.41, 5.74) is 3.10. The lowest BCUT2D eigenvalue weighted by Crippen LogP contribution is -2.35. The zero-order valence-corrected chi connectivity index (χ0v) is 19.3. The molecule has 2 amide bonds. The van der Waals surface area contributed by atoms with Gasteiger partial charge in [-0.2, -0.15) is 0 Å². The van der Waals surface area contributed by atoms with E-state index < -0.39 is 18.5 Å². The summed E-state index contributed by atoms with van der Waals surface area (Å²) in [5.74, 6) is -0.312. The fraction of sp³-hybridized carbons (Fsp3) is 0.292. The number of hydrogen-bond donors (Lipinski definition) is 2. The maximum absolute atomic E-state index is 12.1. The van der Waals surface area contributed by atoms with Crippen molar-refractivity contribution >= 4 is 29.5 Å². The molecule has 0 aliphatic heterocycles. The van der Waals surface area contributed by atoms with Crippen LogP contribution in [-0.2, 0) is 19.1 Å². The Labute approximate surface area is 192 Å². The molecule has 0 unspecified atom stereocenters. The van der Waals surface area contributed by atoms with Gasteiger partial charge in [0.2, 0.25) is 5.91 Å². The zero-order valence-electron chi connectivity index (χ0n) is 19.3. The maximum atomic E-state index is 12.1. The minimum Gasteiger partial charge on any atom is -0.496 e. The van der Waals surface area contributed by atoms with Crippen LogP contribution in [0.25, 0.3) is 6.08 Å². The van der Waals surface area contributed by atoms with Crippen LogP contribution in [0.5, 0.6) is 17.2 Å². The van der Waals surface area contributed by atoms with Crippen LogP contribution < -0.4 is 24.8 Å². The number of carbonyl (C=O) groups excluding carboxylic acids is 3. The van der Waals surface area contributed by atoms with Crippen molar-refractivity contribution in [1.29, 1.82) is 0 Å². The molecule has 0 atom stereocenters. The molecular weight excluding hydrogens is 428 g/mol. The fourth-order valence-corrected chi connectivity index (χ4v) is 2.95. The van der Waals surface area contributed by atoms with Gasteiger partial charge in [-0.05, 0) is 37.1 Å². The van der Waals surface area contributed by atoms with Gasteiger partial charge in [0.15, 0.2) is 18.1 Å². The summed E-state index contributed by atoms with van der Waals surface area (Å²) in [7, 11) is 4.48. The van der Waals surface area contributed by atoms with E-state index in [4.69, 9.17) is 18.9 Å². The largest absolute Gasteiger partial charge is 0.496 e. The summed E-state index contributed by atoms with van der Waals surface area (Å²) in [6, 6.07) is 8.92. The smallest absolute Gasteiger partial charge is 0.331 e. The Morgan fingerprint density at radius 1 is 0.879 bits per heavy atom. The van der Waals surface area contributed by atoms with Crippen LogP contribution in [0.4, 0.5) is 5.69 Å². The average molecular weight is 456 g/mol. The van der Waals surface area contributed by atoms with E-state index in [2.05, 4.69) is 10.6 Å². The monoisotopic (exact) mass is 456 g/mol. The van der Waals surface area contributed by atoms with E-state index in [0.717, 1.165) is 17.2 Å². The molecule has 176 valence electrons. The Hall–Kier alpha value is -4.01. The van der Waals surface area contributed by atoms with E-state index in [1.165, 1.54) is 27.4 Å². The number of rotatable bonds is 10. The second-order valence-corrected chi connectivity index (χ2v) is 6.98. The first-order valence-corrected chi connectivity index (χ1v) is 10.1. The molecule has 0 saturated heterocycles. The second-order valence-electron chi connectivity index (χ2n) is 6.98. The summed E-state index contributed by atoms with van der Waals surface area (Å²) >= 11 is 0. The van der Waals surface area contributed by atoms with E-state index in [9.17, 15) is 14.4 Å². The molecular formula is C24H28N2O7. The summed E-state index contributed by atoms with van der Waals surface area (Å²) in [5, 5.41) is 5.18. The van der Waals surface area contributed by atoms with Crippen LogP contribution in [0.2, 0.25) is 0 Å². The molecule has 33 heavy (non-hydrogen) atoms. The third kappa shape index (κ3) is 7.27. The highest BCUT2D eigenvalue weighted by Gasteiger charge is 2.12. The Balaban J connectivity index is 1.85. The third-order valence-electron chi connectivity index (χ3n) is 4.67. The van der Waals surface area contributed by atoms with Crippen molar-refractivity contribution in [2.75, 3.05) is 39.8 Å². The molecule has 0 saturated carbocycles. The van der Waals surface area contributed by atoms with E-state index in [1.54, 1.807) is 12.1 Å². The van der Waals surface area contributed by atoms with Gasteiger partial charge in [-0.3, -0.25) is 9.59 Å². The van der Waals surface area contributed by atoms with E-state index >= 15 is 0 Å². The van der Waals surface area contributed by atoms with Gasteiger partial charge in [0, 0.05) is 23.4 Å². The summed E-state index contributed by atoms with van der Waals surface area (Å²) < 4.78 is 20.7. The SMILES string of the molecule is COc1cc(OC)c(OC)cc1/C=C/C(=O)OCC(=O)NCC(=O)Nc1c(C)cccc1C. The van der Waals surface area contributed by atoms with Crippen molar-refractivity contribution in [2.45, 2.75) is 13.8 Å². The lowest BCUT2D eigenvalue weighted by molar-refractivity contribution is -0.143. The molecule has 9 heteroatoms. The molecule has 9 nitrogen and oxygen atoms in total. The number of amides is 2. The number of methoxy groups -OCH3 is 3. The molecule has 0 aliphatic carbocycles. The number of nitrogens with one attached hydrogen (secondary N) is 2. The molecule has 2 N–H and O–H groups in total. The molecule has 0 heterocycles. The Kier molecular flexibility index (Phi) is 9.29. The van der Waals surface area contributed by atoms with Gasteiger partial charge in [-0.25, -0.2) is 4.79 Å². The van der Waals surface area contributed by atoms with Gasteiger partial charge in [-0.1, -0.05) is 18.2 Å². The predicted octanol–water partition coefficient (Wildman–Crippen LogP) is 2.64. The molecule has 0 aromatic heterocycles. The number of carbonyl (C=O) groups is 3. The van der Waals surface area contributed by atoms with Crippen LogP contribution in [0.15, 0.2) is 36.4 Å². The van der Waals surface area contributed by atoms with Crippen molar-refractivity contribution < 1.29 is 33.3 Å². The summed E-state index contributed by atoms with van der Waals surface area (Å²) in [4.78, 5) is 36.0. The first-order valence-electron chi connectivity index (χ1n) is 10.1. The minimum atomic E-state index is -0.734. The molecule has 2 rings (SSSR count). The first-order chi connectivity index (χ1) is 15.8. The van der Waals surface area contributed by atoms with E-state index in [1.807, 2.05) is 32.0 Å². The van der Waals surface area contributed by atoms with E-state index in [0.29, 0.717) is 28.5 Å².